The summed E-state index contributed by atoms with van der Waals surface area (Å²) in [5, 5.41) is 11.0. The Kier molecular flexibility index (Phi) is 18.0. The van der Waals surface area contributed by atoms with Gasteiger partial charge in [0.1, 0.15) is 6.07 Å². The largest absolute Gasteiger partial charge is 2.00 e. The Bertz CT molecular complexity index is 1200. The van der Waals surface area contributed by atoms with Crippen molar-refractivity contribution in [2.45, 2.75) is 52.9 Å². The van der Waals surface area contributed by atoms with Gasteiger partial charge in [0, 0.05) is 6.42 Å². The molecular formula is C31H37ClN2O3SU. The molecule has 0 N–H and O–H groups in total. The number of methoxy groups -OCH3 is 1. The van der Waals surface area contributed by atoms with Crippen LogP contribution in [0.25, 0.3) is 0 Å². The molecule has 5 nitrogen and oxygen atoms in total. The summed E-state index contributed by atoms with van der Waals surface area (Å²) >= 11 is 8.05. The van der Waals surface area contributed by atoms with Crippen molar-refractivity contribution in [1.82, 2.24) is 0 Å². The van der Waals surface area contributed by atoms with Crippen molar-refractivity contribution < 1.29 is 45.4 Å². The number of ether oxygens (including phenoxy) is 2. The number of hydrogen-bond acceptors (Lipinski definition) is 6. The van der Waals surface area contributed by atoms with Crippen LogP contribution in [0.2, 0.25) is 5.02 Å². The number of nitriles is 1. The van der Waals surface area contributed by atoms with Gasteiger partial charge < -0.3 is 9.47 Å². The molecule has 0 heterocycles. The van der Waals surface area contributed by atoms with Gasteiger partial charge in [-0.15, -0.1) is 23.0 Å². The predicted octanol–water partition coefficient (Wildman–Crippen LogP) is 8.12. The molecule has 0 aliphatic carbocycles. The molecule has 206 valence electrons. The van der Waals surface area contributed by atoms with Crippen molar-refractivity contribution >= 4 is 35.0 Å². The van der Waals surface area contributed by atoms with Crippen molar-refractivity contribution in [2.24, 2.45) is 4.99 Å². The molecule has 39 heavy (non-hydrogen) atoms. The van der Waals surface area contributed by atoms with Crippen LogP contribution in [0, 0.1) is 55.4 Å². The molecule has 0 radical (unpaired) electrons. The van der Waals surface area contributed by atoms with Gasteiger partial charge in [0.05, 0.1) is 29.3 Å². The number of halogens is 1. The molecule has 2 aromatic carbocycles. The molecule has 0 fully saturated rings. The second-order valence-electron chi connectivity index (χ2n) is 9.00. The van der Waals surface area contributed by atoms with E-state index >= 15 is 0 Å². The van der Waals surface area contributed by atoms with Gasteiger partial charge in [-0.3, -0.25) is 9.79 Å². The summed E-state index contributed by atoms with van der Waals surface area (Å²) in [6.07, 6.45) is 6.61. The molecular weight excluding hydrogens is 754 g/mol. The molecule has 0 aliphatic rings. The Labute approximate surface area is 267 Å². The van der Waals surface area contributed by atoms with Gasteiger partial charge in [0.2, 0.25) is 0 Å². The van der Waals surface area contributed by atoms with E-state index in [1.165, 1.54) is 12.7 Å². The smallest absolute Gasteiger partial charge is 0.491 e. The number of benzene rings is 2. The van der Waals surface area contributed by atoms with E-state index in [1.807, 2.05) is 55.7 Å². The van der Waals surface area contributed by atoms with Crippen molar-refractivity contribution in [3.63, 3.8) is 0 Å². The van der Waals surface area contributed by atoms with Crippen molar-refractivity contribution in [2.75, 3.05) is 20.0 Å². The summed E-state index contributed by atoms with van der Waals surface area (Å²) in [7, 11) is 1.35. The Morgan fingerprint density at radius 3 is 2.41 bits per heavy atom. The first-order valence-electron chi connectivity index (χ1n) is 12.2. The van der Waals surface area contributed by atoms with Crippen molar-refractivity contribution in [3.8, 4) is 11.8 Å². The number of carbonyl (C=O) groups is 1. The zero-order chi connectivity index (χ0) is 28.7. The van der Waals surface area contributed by atoms with Crippen LogP contribution in [0.5, 0.6) is 5.75 Å². The zero-order valence-corrected chi connectivity index (χ0v) is 29.6. The standard InChI is InChI=1S/C21H21ClNO3.C10H16NS.U/c1-21(2,16-8-5-4-6-9-16)17-12-15(14-23)20(18(22)13-17)26-11-7-10-19(24)25-3;1-6-7-9(4)11-10(12-5)8(2)3;/h5-6,8-9,12-13H,7,10-11H2,1-3H3;6-7H,4H2,1-3,5H3;/q2*-1;+2/b;7-6-,11-9-;. The van der Waals surface area contributed by atoms with E-state index < -0.39 is 0 Å². The van der Waals surface area contributed by atoms with Crippen LogP contribution in [-0.4, -0.2) is 31.7 Å². The van der Waals surface area contributed by atoms with Crippen molar-refractivity contribution in [3.05, 3.63) is 93.9 Å². The molecule has 2 rings (SSSR count). The predicted molar refractivity (Wildman–Crippen MR) is 160 cm³/mol. The van der Waals surface area contributed by atoms with Crippen LogP contribution in [0.1, 0.15) is 64.2 Å². The summed E-state index contributed by atoms with van der Waals surface area (Å²) in [6.45, 7) is 14.3. The Hall–Kier alpha value is -2.09. The van der Waals surface area contributed by atoms with Crippen LogP contribution in [0.3, 0.4) is 0 Å². The second kappa shape index (κ2) is 19.1. The first-order chi connectivity index (χ1) is 18.0. The van der Waals surface area contributed by atoms with Gasteiger partial charge in [-0.1, -0.05) is 32.4 Å². The Morgan fingerprint density at radius 2 is 1.90 bits per heavy atom. The van der Waals surface area contributed by atoms with Crippen LogP contribution in [0.4, 0.5) is 0 Å². The van der Waals surface area contributed by atoms with E-state index in [0.29, 0.717) is 22.8 Å². The first kappa shape index (κ1) is 36.9. The van der Waals surface area contributed by atoms with Gasteiger partial charge >= 0.3 is 37.1 Å². The number of carbonyl (C=O) groups excluding carboxylic acids is 1. The number of aliphatic imine (C=N–C) groups is 1. The average Bonchev–Trinajstić information content (AvgIpc) is 2.90. The molecule has 0 aliphatic heterocycles. The minimum absolute atomic E-state index is 0. The molecule has 8 heteroatoms. The van der Waals surface area contributed by atoms with Gasteiger partial charge in [-0.25, -0.2) is 6.92 Å². The minimum Gasteiger partial charge on any atom is -0.491 e. The van der Waals surface area contributed by atoms with E-state index in [2.05, 4.69) is 56.5 Å². The molecule has 0 saturated carbocycles. The number of nitrogens with zero attached hydrogens (tertiary/aromatic N) is 2. The molecule has 0 unspecified atom stereocenters. The minimum atomic E-state index is -0.326. The fraction of sp³-hybridized carbons (Fsp3) is 0.355. The third kappa shape index (κ3) is 12.3. The van der Waals surface area contributed by atoms with E-state index in [9.17, 15) is 10.1 Å². The number of esters is 1. The molecule has 0 atom stereocenters. The maximum Gasteiger partial charge on any atom is 2.00 e. The quantitative estimate of drug-likeness (QED) is 0.105. The van der Waals surface area contributed by atoms with Gasteiger partial charge in [0.25, 0.3) is 0 Å². The third-order valence-corrected chi connectivity index (χ3v) is 6.72. The summed E-state index contributed by atoms with van der Waals surface area (Å²) in [5.74, 6) is 0.0531. The number of hydrogen-bond donors (Lipinski definition) is 0. The van der Waals surface area contributed by atoms with Crippen LogP contribution in [-0.2, 0) is 14.9 Å². The van der Waals surface area contributed by atoms with Gasteiger partial charge in [-0.05, 0) is 55.2 Å². The number of allylic oxidation sites excluding steroid dienone is 3. The molecule has 2 aromatic rings. The van der Waals surface area contributed by atoms with Crippen LogP contribution in [0.15, 0.2) is 64.1 Å². The topological polar surface area (TPSA) is 71.7 Å². The molecule has 0 bridgehead atoms. The summed E-state index contributed by atoms with van der Waals surface area (Å²) < 4.78 is 10.3. The fourth-order valence-corrected chi connectivity index (χ4v) is 4.26. The first-order valence-corrected chi connectivity index (χ1v) is 13.8. The molecule has 0 spiro atoms. The normalized spacial score (nSPS) is 11.0. The van der Waals surface area contributed by atoms with Crippen LogP contribution < -0.4 is 4.74 Å². The Balaban J connectivity index is 0.000000944. The number of rotatable bonds is 10. The third-order valence-electron chi connectivity index (χ3n) is 5.55. The van der Waals surface area contributed by atoms with E-state index in [4.69, 9.17) is 16.3 Å². The summed E-state index contributed by atoms with van der Waals surface area (Å²) in [4.78, 5) is 15.5. The van der Waals surface area contributed by atoms with Gasteiger partial charge in [-0.2, -0.15) is 47.7 Å². The second-order valence-corrected chi connectivity index (χ2v) is 10.2. The van der Waals surface area contributed by atoms with Crippen molar-refractivity contribution in [1.29, 1.82) is 5.26 Å². The molecule has 0 amide bonds. The monoisotopic (exact) mass is 790 g/mol. The summed E-state index contributed by atoms with van der Waals surface area (Å²) in [6, 6.07) is 16.5. The zero-order valence-electron chi connectivity index (χ0n) is 23.9. The fourth-order valence-electron chi connectivity index (χ4n) is 3.37. The SMILES string of the molecule is COC(=O)CCCOc1c(Cl)cc(C(C)(C)c2cc[c-]cc2)cc1C#N.[CH2-]C(/C=C\C)=N/C(SC)=C(C)C.[U+2]. The Morgan fingerprint density at radius 1 is 1.26 bits per heavy atom. The maximum atomic E-state index is 11.1. The van der Waals surface area contributed by atoms with E-state index in [1.54, 1.807) is 17.8 Å². The average molecular weight is 791 g/mol. The van der Waals surface area contributed by atoms with E-state index in [0.717, 1.165) is 21.9 Å². The summed E-state index contributed by atoms with van der Waals surface area (Å²) in [5.41, 5.74) is 4.11. The molecule has 0 saturated heterocycles. The molecule has 0 aromatic heterocycles. The maximum absolute atomic E-state index is 11.1. The van der Waals surface area contributed by atoms with Gasteiger partial charge in [0.15, 0.2) is 5.75 Å². The van der Waals surface area contributed by atoms with Crippen LogP contribution >= 0.6 is 23.4 Å². The number of thioether (sulfide) groups is 1. The van der Waals surface area contributed by atoms with E-state index in [-0.39, 0.29) is 55.5 Å².